The molecule has 2 aliphatic heterocycles. The molecule has 1 fully saturated rings. The molecule has 2 N–H and O–H groups in total. The number of nitrogens with one attached hydrogen (secondary N) is 2. The van der Waals surface area contributed by atoms with Crippen LogP contribution in [-0.4, -0.2) is 41.9 Å². The van der Waals surface area contributed by atoms with E-state index in [4.69, 9.17) is 14.2 Å². The molecule has 0 spiro atoms. The number of hydrogen-bond acceptors (Lipinski definition) is 7. The van der Waals surface area contributed by atoms with Gasteiger partial charge in [-0.05, 0) is 48.4 Å². The number of fused-ring (bicyclic) bond motifs is 1. The minimum atomic E-state index is -1.03. The van der Waals surface area contributed by atoms with E-state index < -0.39 is 35.6 Å². The predicted molar refractivity (Wildman–Crippen MR) is 136 cm³/mol. The number of carbonyl (C=O) groups excluding carboxylic acids is 4. The van der Waals surface area contributed by atoms with Crippen LogP contribution in [0, 0.1) is 11.6 Å². The summed E-state index contributed by atoms with van der Waals surface area (Å²) in [5, 5.41) is 4.83. The molecule has 1 atom stereocenters. The van der Waals surface area contributed by atoms with Crippen molar-refractivity contribution in [2.45, 2.75) is 32.0 Å². The number of anilines is 1. The number of hydrogen-bond donors (Lipinski definition) is 2. The molecule has 5 rings (SSSR count). The zero-order chi connectivity index (χ0) is 28.4. The average Bonchev–Trinajstić information content (AvgIpc) is 3.26. The van der Waals surface area contributed by atoms with Crippen molar-refractivity contribution in [3.05, 3.63) is 82.9 Å². The van der Waals surface area contributed by atoms with Crippen LogP contribution in [0.5, 0.6) is 17.2 Å². The lowest BCUT2D eigenvalue weighted by Gasteiger charge is -2.29. The van der Waals surface area contributed by atoms with Gasteiger partial charge in [-0.3, -0.25) is 25.0 Å². The third kappa shape index (κ3) is 5.41. The number of imide groups is 1. The largest absolute Gasteiger partial charge is 0.495 e. The van der Waals surface area contributed by atoms with Crippen LogP contribution in [0.3, 0.4) is 0 Å². The number of halogens is 2. The summed E-state index contributed by atoms with van der Waals surface area (Å²) in [6.07, 6.45) is -0.389. The van der Waals surface area contributed by atoms with Crippen molar-refractivity contribution in [3.8, 4) is 17.2 Å². The second-order valence-electron chi connectivity index (χ2n) is 9.10. The zero-order valence-corrected chi connectivity index (χ0v) is 21.2. The van der Waals surface area contributed by atoms with E-state index in [-0.39, 0.29) is 49.0 Å². The van der Waals surface area contributed by atoms with E-state index in [9.17, 15) is 28.0 Å². The number of methoxy groups -OCH3 is 1. The summed E-state index contributed by atoms with van der Waals surface area (Å²) < 4.78 is 42.7. The highest BCUT2D eigenvalue weighted by molar-refractivity contribution is 6.06. The van der Waals surface area contributed by atoms with Gasteiger partial charge in [-0.15, -0.1) is 0 Å². The van der Waals surface area contributed by atoms with Gasteiger partial charge in [0.05, 0.1) is 12.7 Å². The van der Waals surface area contributed by atoms with Crippen molar-refractivity contribution >= 4 is 29.5 Å². The summed E-state index contributed by atoms with van der Waals surface area (Å²) in [4.78, 5) is 50.9. The lowest BCUT2D eigenvalue weighted by Crippen LogP contribution is -2.52. The van der Waals surface area contributed by atoms with Crippen LogP contribution >= 0.6 is 0 Å². The van der Waals surface area contributed by atoms with Crippen molar-refractivity contribution in [1.82, 2.24) is 10.2 Å². The van der Waals surface area contributed by atoms with Crippen molar-refractivity contribution in [2.75, 3.05) is 12.4 Å². The van der Waals surface area contributed by atoms with E-state index in [2.05, 4.69) is 10.6 Å². The Balaban J connectivity index is 1.20. The molecule has 40 heavy (non-hydrogen) atoms. The fraction of sp³-hybridized carbons (Fsp3) is 0.214. The molecule has 0 aliphatic carbocycles. The van der Waals surface area contributed by atoms with E-state index in [0.29, 0.717) is 22.6 Å². The van der Waals surface area contributed by atoms with E-state index >= 15 is 0 Å². The highest BCUT2D eigenvalue weighted by atomic mass is 19.2. The second kappa shape index (κ2) is 11.0. The zero-order valence-electron chi connectivity index (χ0n) is 21.2. The van der Waals surface area contributed by atoms with Gasteiger partial charge < -0.3 is 19.1 Å². The molecule has 10 nitrogen and oxygen atoms in total. The van der Waals surface area contributed by atoms with Crippen LogP contribution in [0.4, 0.5) is 19.3 Å². The molecule has 0 saturated carbocycles. The molecule has 0 aromatic heterocycles. The number of nitrogens with zero attached hydrogens (tertiary/aromatic N) is 1. The number of carbonyl (C=O) groups is 4. The minimum absolute atomic E-state index is 0.112. The Morgan fingerprint density at radius 1 is 1.02 bits per heavy atom. The lowest BCUT2D eigenvalue weighted by atomic mass is 10.0. The number of amides is 4. The normalized spacial score (nSPS) is 16.3. The van der Waals surface area contributed by atoms with E-state index in [1.54, 1.807) is 12.1 Å². The molecule has 2 heterocycles. The van der Waals surface area contributed by atoms with Gasteiger partial charge in [-0.25, -0.2) is 13.6 Å². The molecular formula is C28H23F2N3O7. The van der Waals surface area contributed by atoms with Gasteiger partial charge in [-0.2, -0.15) is 0 Å². The molecule has 1 saturated heterocycles. The highest BCUT2D eigenvalue weighted by Gasteiger charge is 2.41. The summed E-state index contributed by atoms with van der Waals surface area (Å²) in [6, 6.07) is 11.9. The number of piperidine rings is 1. The smallest absolute Gasteiger partial charge is 0.411 e. The van der Waals surface area contributed by atoms with Crippen LogP contribution in [0.2, 0.25) is 0 Å². The Morgan fingerprint density at radius 3 is 2.48 bits per heavy atom. The maximum atomic E-state index is 13.4. The van der Waals surface area contributed by atoms with E-state index in [0.717, 1.165) is 12.1 Å². The van der Waals surface area contributed by atoms with E-state index in [1.807, 2.05) is 0 Å². The maximum absolute atomic E-state index is 13.4. The molecule has 4 amide bonds. The van der Waals surface area contributed by atoms with Crippen LogP contribution in [-0.2, 0) is 27.5 Å². The molecule has 0 bridgehead atoms. The van der Waals surface area contributed by atoms with Crippen molar-refractivity contribution in [2.24, 2.45) is 0 Å². The summed E-state index contributed by atoms with van der Waals surface area (Å²) in [5.41, 5.74) is 1.78. The Kier molecular flexibility index (Phi) is 7.32. The fourth-order valence-corrected chi connectivity index (χ4v) is 4.59. The quantitative estimate of drug-likeness (QED) is 0.421. The third-order valence-corrected chi connectivity index (χ3v) is 6.52. The molecule has 3 aromatic carbocycles. The summed E-state index contributed by atoms with van der Waals surface area (Å²) in [5.74, 6) is -2.61. The van der Waals surface area contributed by atoms with Crippen molar-refractivity contribution in [3.63, 3.8) is 0 Å². The molecule has 3 aromatic rings. The topological polar surface area (TPSA) is 123 Å². The van der Waals surface area contributed by atoms with Crippen LogP contribution in [0.25, 0.3) is 0 Å². The predicted octanol–water partition coefficient (Wildman–Crippen LogP) is 4.28. The molecule has 206 valence electrons. The van der Waals surface area contributed by atoms with Gasteiger partial charge >= 0.3 is 6.09 Å². The van der Waals surface area contributed by atoms with Gasteiger partial charge in [0.1, 0.15) is 29.9 Å². The Hall–Kier alpha value is -5.00. The molecule has 12 heteroatoms. The molecule has 0 radical (unpaired) electrons. The molecule has 0 unspecified atom stereocenters. The first-order chi connectivity index (χ1) is 19.2. The highest BCUT2D eigenvalue weighted by Crippen LogP contribution is 2.36. The van der Waals surface area contributed by atoms with Crippen molar-refractivity contribution < 1.29 is 42.2 Å². The Labute approximate surface area is 226 Å². The average molecular weight is 552 g/mol. The summed E-state index contributed by atoms with van der Waals surface area (Å²) in [7, 11) is 1.39. The maximum Gasteiger partial charge on any atom is 0.411 e. The van der Waals surface area contributed by atoms with E-state index in [1.165, 1.54) is 42.3 Å². The molecule has 2 aliphatic rings. The van der Waals surface area contributed by atoms with Gasteiger partial charge in [0.2, 0.25) is 11.8 Å². The number of rotatable bonds is 7. The minimum Gasteiger partial charge on any atom is -0.495 e. The Bertz CT molecular complexity index is 1510. The summed E-state index contributed by atoms with van der Waals surface area (Å²) >= 11 is 0. The third-order valence-electron chi connectivity index (χ3n) is 6.52. The van der Waals surface area contributed by atoms with Crippen molar-refractivity contribution in [1.29, 1.82) is 0 Å². The standard InChI is InChI=1S/C28H23F2N3O7/c1-38-25-16(3-2-15-13-33(27(36)24(15)25)22-10-11-23(34)32-26(22)35)14-39-28(37)31-17-4-6-18(7-5-17)40-19-8-9-20(29)21(30)12-19/h2-9,12,22H,10-11,13-14H2,1H3,(H,31,37)(H,32,34,35)/t22-/m0/s1. The van der Waals surface area contributed by atoms with Gasteiger partial charge in [-0.1, -0.05) is 12.1 Å². The van der Waals surface area contributed by atoms with Gasteiger partial charge in [0.25, 0.3) is 5.91 Å². The van der Waals surface area contributed by atoms with Crippen LogP contribution in [0.15, 0.2) is 54.6 Å². The van der Waals surface area contributed by atoms with Gasteiger partial charge in [0, 0.05) is 30.3 Å². The van der Waals surface area contributed by atoms with Crippen LogP contribution in [0.1, 0.15) is 34.3 Å². The first kappa shape index (κ1) is 26.6. The SMILES string of the molecule is COc1c(COC(=O)Nc2ccc(Oc3ccc(F)c(F)c3)cc2)ccc2c1C(=O)N([C@H]1CCC(=O)NC1=O)C2. The number of ether oxygens (including phenoxy) is 3. The monoisotopic (exact) mass is 551 g/mol. The Morgan fingerprint density at radius 2 is 1.77 bits per heavy atom. The van der Waals surface area contributed by atoms with Gasteiger partial charge in [0.15, 0.2) is 11.6 Å². The number of benzene rings is 3. The molecular weight excluding hydrogens is 528 g/mol. The summed E-state index contributed by atoms with van der Waals surface area (Å²) in [6.45, 7) is -0.0143. The fourth-order valence-electron chi connectivity index (χ4n) is 4.59. The second-order valence-corrected chi connectivity index (χ2v) is 9.10. The lowest BCUT2D eigenvalue weighted by molar-refractivity contribution is -0.136. The first-order valence-corrected chi connectivity index (χ1v) is 12.2. The van der Waals surface area contributed by atoms with Crippen LogP contribution < -0.4 is 20.1 Å². The first-order valence-electron chi connectivity index (χ1n) is 12.2.